The number of nitrogen functional groups attached to an aromatic ring is 1. The standard InChI is InChI=1S/C6H9N3O2S.ClH/c7-9-5-1-3-6(4-2-5)12(8,10)11;/h1-4,9H,7H2,(H2,8,10,11);1H/p-1. The molecule has 0 aliphatic rings. The van der Waals surface area contributed by atoms with Crippen LogP contribution in [0.2, 0.25) is 0 Å². The maximum Gasteiger partial charge on any atom is 0.238 e. The summed E-state index contributed by atoms with van der Waals surface area (Å²) < 4.78 is 21.5. The van der Waals surface area contributed by atoms with Gasteiger partial charge in [-0.05, 0) is 24.3 Å². The van der Waals surface area contributed by atoms with Gasteiger partial charge in [0.1, 0.15) is 0 Å². The zero-order valence-electron chi connectivity index (χ0n) is 6.57. The minimum absolute atomic E-state index is 0. The number of anilines is 1. The zero-order chi connectivity index (χ0) is 9.19. The van der Waals surface area contributed by atoms with Gasteiger partial charge in [-0.3, -0.25) is 5.84 Å². The molecule has 5 nitrogen and oxygen atoms in total. The van der Waals surface area contributed by atoms with Crippen LogP contribution in [0.25, 0.3) is 0 Å². The molecular weight excluding hydrogens is 214 g/mol. The van der Waals surface area contributed by atoms with Crippen LogP contribution in [0.5, 0.6) is 0 Å². The molecule has 0 atom stereocenters. The third-order valence-corrected chi connectivity index (χ3v) is 2.28. The van der Waals surface area contributed by atoms with Crippen molar-refractivity contribution >= 4 is 15.7 Å². The highest BCUT2D eigenvalue weighted by molar-refractivity contribution is 7.89. The molecule has 0 aromatic heterocycles. The number of hydrogen-bond acceptors (Lipinski definition) is 4. The first-order valence-corrected chi connectivity index (χ1v) is 4.68. The van der Waals surface area contributed by atoms with Crippen LogP contribution in [-0.4, -0.2) is 8.42 Å². The molecule has 5 N–H and O–H groups in total. The van der Waals surface area contributed by atoms with E-state index in [9.17, 15) is 8.42 Å². The number of benzene rings is 1. The van der Waals surface area contributed by atoms with Crippen molar-refractivity contribution in [3.05, 3.63) is 24.3 Å². The molecule has 13 heavy (non-hydrogen) atoms. The van der Waals surface area contributed by atoms with Gasteiger partial charge in [0, 0.05) is 5.69 Å². The molecule has 0 amide bonds. The molecule has 0 radical (unpaired) electrons. The first-order chi connectivity index (χ1) is 5.54. The van der Waals surface area contributed by atoms with E-state index in [0.29, 0.717) is 5.69 Å². The van der Waals surface area contributed by atoms with Crippen molar-refractivity contribution < 1.29 is 20.8 Å². The number of hydrogen-bond donors (Lipinski definition) is 3. The predicted molar refractivity (Wildman–Crippen MR) is 45.6 cm³/mol. The summed E-state index contributed by atoms with van der Waals surface area (Å²) in [7, 11) is -3.60. The van der Waals surface area contributed by atoms with Crippen LogP contribution in [0.3, 0.4) is 0 Å². The summed E-state index contributed by atoms with van der Waals surface area (Å²) in [6.45, 7) is 0. The largest absolute Gasteiger partial charge is 1.00 e. The molecule has 74 valence electrons. The molecule has 0 saturated heterocycles. The Morgan fingerprint density at radius 3 is 1.92 bits per heavy atom. The Morgan fingerprint density at radius 1 is 1.15 bits per heavy atom. The number of rotatable bonds is 2. The Balaban J connectivity index is 0.00000144. The minimum Gasteiger partial charge on any atom is -1.00 e. The Labute approximate surface area is 82.5 Å². The molecule has 0 aliphatic carbocycles. The molecule has 1 aromatic rings. The van der Waals surface area contributed by atoms with Gasteiger partial charge >= 0.3 is 0 Å². The van der Waals surface area contributed by atoms with Gasteiger partial charge in [-0.15, -0.1) is 0 Å². The number of nitrogens with one attached hydrogen (secondary N) is 1. The van der Waals surface area contributed by atoms with Gasteiger partial charge in [0.05, 0.1) is 4.90 Å². The van der Waals surface area contributed by atoms with Gasteiger partial charge in [0.2, 0.25) is 10.0 Å². The van der Waals surface area contributed by atoms with Crippen molar-refractivity contribution in [2.45, 2.75) is 4.90 Å². The monoisotopic (exact) mass is 222 g/mol. The van der Waals surface area contributed by atoms with E-state index in [1.807, 2.05) is 0 Å². The maximum absolute atomic E-state index is 10.8. The molecule has 0 fully saturated rings. The lowest BCUT2D eigenvalue weighted by Gasteiger charge is -2.00. The average Bonchev–Trinajstić information content (AvgIpc) is 2.03. The number of primary sulfonamides is 1. The number of nitrogens with two attached hydrogens (primary N) is 2. The van der Waals surface area contributed by atoms with E-state index in [-0.39, 0.29) is 17.3 Å². The molecule has 0 unspecified atom stereocenters. The lowest BCUT2D eigenvalue weighted by molar-refractivity contribution is -0.00000517. The predicted octanol–water partition coefficient (Wildman–Crippen LogP) is -3.38. The van der Waals surface area contributed by atoms with E-state index in [1.165, 1.54) is 24.3 Å². The fourth-order valence-electron chi connectivity index (χ4n) is 0.741. The van der Waals surface area contributed by atoms with Gasteiger partial charge in [-0.25, -0.2) is 13.6 Å². The quantitative estimate of drug-likeness (QED) is 0.359. The SMILES string of the molecule is NNc1ccc(S(N)(=O)=O)cc1.[Cl-]. The smallest absolute Gasteiger partial charge is 0.238 e. The first kappa shape index (κ1) is 12.2. The highest BCUT2D eigenvalue weighted by Crippen LogP contribution is 2.10. The molecule has 7 heteroatoms. The van der Waals surface area contributed by atoms with Crippen molar-refractivity contribution in [2.75, 3.05) is 5.43 Å². The molecule has 1 rings (SSSR count). The lowest BCUT2D eigenvalue weighted by atomic mass is 10.3. The molecule has 0 spiro atoms. The van der Waals surface area contributed by atoms with E-state index in [0.717, 1.165) is 0 Å². The molecular formula is C6H9ClN3O2S-. The Bertz CT molecular complexity index is 362. The van der Waals surface area contributed by atoms with Crippen molar-refractivity contribution in [1.82, 2.24) is 0 Å². The summed E-state index contributed by atoms with van der Waals surface area (Å²) in [5.74, 6) is 5.08. The van der Waals surface area contributed by atoms with Gasteiger partial charge in [-0.2, -0.15) is 0 Å². The summed E-state index contributed by atoms with van der Waals surface area (Å²) in [6.07, 6.45) is 0. The second kappa shape index (κ2) is 4.43. The molecule has 0 bridgehead atoms. The number of sulfonamides is 1. The van der Waals surface area contributed by atoms with Gasteiger partial charge in [-0.1, -0.05) is 0 Å². The van der Waals surface area contributed by atoms with E-state index in [2.05, 4.69) is 5.43 Å². The third kappa shape index (κ3) is 3.19. The highest BCUT2D eigenvalue weighted by Gasteiger charge is 2.05. The third-order valence-electron chi connectivity index (χ3n) is 1.35. The van der Waals surface area contributed by atoms with Gasteiger partial charge in [0.25, 0.3) is 0 Å². The fraction of sp³-hybridized carbons (Fsp3) is 0. The van der Waals surface area contributed by atoms with Crippen LogP contribution < -0.4 is 28.8 Å². The van der Waals surface area contributed by atoms with Crippen LogP contribution in [0.1, 0.15) is 0 Å². The average molecular weight is 223 g/mol. The number of hydrazine groups is 1. The first-order valence-electron chi connectivity index (χ1n) is 3.13. The second-order valence-corrected chi connectivity index (χ2v) is 3.78. The van der Waals surface area contributed by atoms with E-state index < -0.39 is 10.0 Å². The summed E-state index contributed by atoms with van der Waals surface area (Å²) >= 11 is 0. The van der Waals surface area contributed by atoms with E-state index >= 15 is 0 Å². The Hall–Kier alpha value is -0.820. The van der Waals surface area contributed by atoms with Crippen LogP contribution in [0.15, 0.2) is 29.2 Å². The Kier molecular flexibility index (Phi) is 4.15. The maximum atomic E-state index is 10.8. The lowest BCUT2D eigenvalue weighted by Crippen LogP contribution is -3.00. The topological polar surface area (TPSA) is 98.2 Å². The second-order valence-electron chi connectivity index (χ2n) is 2.21. The zero-order valence-corrected chi connectivity index (χ0v) is 8.14. The summed E-state index contributed by atoms with van der Waals surface area (Å²) in [5.41, 5.74) is 3.00. The van der Waals surface area contributed by atoms with Crippen molar-refractivity contribution in [3.8, 4) is 0 Å². The van der Waals surface area contributed by atoms with E-state index in [1.54, 1.807) is 0 Å². The molecule has 1 aromatic carbocycles. The van der Waals surface area contributed by atoms with Crippen molar-refractivity contribution in [1.29, 1.82) is 0 Å². The molecule has 0 saturated carbocycles. The van der Waals surface area contributed by atoms with Crippen LogP contribution in [0.4, 0.5) is 5.69 Å². The summed E-state index contributed by atoms with van der Waals surface area (Å²) in [5, 5.41) is 4.87. The van der Waals surface area contributed by atoms with Crippen molar-refractivity contribution in [2.24, 2.45) is 11.0 Å². The Morgan fingerprint density at radius 2 is 1.62 bits per heavy atom. The summed E-state index contributed by atoms with van der Waals surface area (Å²) in [4.78, 5) is 0.0708. The van der Waals surface area contributed by atoms with Gasteiger partial charge in [0.15, 0.2) is 0 Å². The van der Waals surface area contributed by atoms with Crippen LogP contribution in [0, 0.1) is 0 Å². The normalized spacial score (nSPS) is 10.3. The van der Waals surface area contributed by atoms with Crippen LogP contribution in [-0.2, 0) is 10.0 Å². The fourth-order valence-corrected chi connectivity index (χ4v) is 1.26. The minimum atomic E-state index is -3.60. The summed E-state index contributed by atoms with van der Waals surface area (Å²) in [6, 6.07) is 5.81. The molecule has 0 heterocycles. The van der Waals surface area contributed by atoms with Gasteiger partial charge < -0.3 is 17.8 Å². The van der Waals surface area contributed by atoms with Crippen LogP contribution >= 0.6 is 0 Å². The molecule has 0 aliphatic heterocycles. The number of halogens is 1. The van der Waals surface area contributed by atoms with Crippen molar-refractivity contribution in [3.63, 3.8) is 0 Å². The van der Waals surface area contributed by atoms with E-state index in [4.69, 9.17) is 11.0 Å². The highest BCUT2D eigenvalue weighted by atomic mass is 35.5.